The van der Waals surface area contributed by atoms with Crippen LogP contribution in [-0.4, -0.2) is 47.3 Å². The van der Waals surface area contributed by atoms with Gasteiger partial charge in [0, 0.05) is 30.0 Å². The molecule has 1 aliphatic heterocycles. The number of rotatable bonds is 10. The van der Waals surface area contributed by atoms with E-state index in [1.165, 1.54) is 12.1 Å². The van der Waals surface area contributed by atoms with Crippen LogP contribution < -0.4 is 16.0 Å². The molecule has 194 valence electrons. The summed E-state index contributed by atoms with van der Waals surface area (Å²) < 4.78 is 27.8. The summed E-state index contributed by atoms with van der Waals surface area (Å²) in [7, 11) is 0. The van der Waals surface area contributed by atoms with Crippen LogP contribution in [0.15, 0.2) is 66.0 Å². The van der Waals surface area contributed by atoms with E-state index in [9.17, 15) is 28.0 Å². The van der Waals surface area contributed by atoms with Crippen LogP contribution in [0.3, 0.4) is 0 Å². The van der Waals surface area contributed by atoms with E-state index in [4.69, 9.17) is 0 Å². The number of aromatic nitrogens is 1. The molecule has 1 aromatic heterocycles. The Morgan fingerprint density at radius 2 is 1.89 bits per heavy atom. The predicted molar refractivity (Wildman–Crippen MR) is 136 cm³/mol. The lowest BCUT2D eigenvalue weighted by Crippen LogP contribution is -2.45. The first-order chi connectivity index (χ1) is 18.4. The van der Waals surface area contributed by atoms with Crippen LogP contribution in [0, 0.1) is 17.6 Å². The van der Waals surface area contributed by atoms with Gasteiger partial charge in [-0.3, -0.25) is 4.79 Å². The molecule has 1 amide bonds. The van der Waals surface area contributed by atoms with Gasteiger partial charge in [0.25, 0.3) is 5.91 Å². The van der Waals surface area contributed by atoms with E-state index >= 15 is 0 Å². The van der Waals surface area contributed by atoms with E-state index in [0.717, 1.165) is 11.6 Å². The number of carbonyl (C=O) groups excluding carboxylic acids is 4. The minimum atomic E-state index is -0.916. The molecule has 1 aliphatic rings. The predicted octanol–water partition coefficient (Wildman–Crippen LogP) is 2.56. The molecule has 4 rings (SSSR count). The Balaban J connectivity index is 1.60. The lowest BCUT2D eigenvalue weighted by atomic mass is 9.95. The van der Waals surface area contributed by atoms with Crippen molar-refractivity contribution in [2.75, 3.05) is 6.54 Å². The van der Waals surface area contributed by atoms with Gasteiger partial charge in [-0.15, -0.1) is 0 Å². The molecule has 0 radical (unpaired) electrons. The van der Waals surface area contributed by atoms with E-state index in [1.807, 2.05) is 30.1 Å². The highest BCUT2D eigenvalue weighted by atomic mass is 19.1. The molecule has 0 unspecified atom stereocenters. The van der Waals surface area contributed by atoms with Crippen molar-refractivity contribution >= 4 is 34.6 Å². The summed E-state index contributed by atoms with van der Waals surface area (Å²) in [6.45, 7) is 0.588. The maximum Gasteiger partial charge on any atom is 0.268 e. The molecule has 1 saturated heterocycles. The number of allylic oxidation sites excluding steroid dienone is 1. The second kappa shape index (κ2) is 12.0. The van der Waals surface area contributed by atoms with Gasteiger partial charge in [0.1, 0.15) is 40.8 Å². The first-order valence-electron chi connectivity index (χ1n) is 12.0. The van der Waals surface area contributed by atoms with E-state index in [-0.39, 0.29) is 34.6 Å². The van der Waals surface area contributed by atoms with Crippen molar-refractivity contribution in [3.8, 4) is 0 Å². The molecule has 3 aromatic rings. The number of fused-ring (bicyclic) bond motifs is 1. The third-order valence-corrected chi connectivity index (χ3v) is 6.41. The van der Waals surface area contributed by atoms with Crippen molar-refractivity contribution in [3.05, 3.63) is 88.9 Å². The van der Waals surface area contributed by atoms with Gasteiger partial charge >= 0.3 is 0 Å². The van der Waals surface area contributed by atoms with Crippen molar-refractivity contribution in [3.63, 3.8) is 0 Å². The summed E-state index contributed by atoms with van der Waals surface area (Å²) in [5.41, 5.74) is 1.10. The molecule has 3 atom stereocenters. The fourth-order valence-corrected chi connectivity index (χ4v) is 4.58. The molecule has 1 fully saturated rings. The summed E-state index contributed by atoms with van der Waals surface area (Å²) in [5, 5.41) is 8.84. The number of H-pyrrole nitrogens is 1. The van der Waals surface area contributed by atoms with Crippen molar-refractivity contribution in [2.24, 2.45) is 5.92 Å². The third-order valence-electron chi connectivity index (χ3n) is 6.41. The number of benzene rings is 2. The Bertz CT molecular complexity index is 1480. The van der Waals surface area contributed by atoms with Gasteiger partial charge in [-0.1, -0.05) is 30.3 Å². The van der Waals surface area contributed by atoms with Crippen LogP contribution in [-0.2, 0) is 20.8 Å². The minimum Gasteiger partial charge on any atom is -0.379 e. The maximum absolute atomic E-state index is 14.2. The SMILES string of the molecule is O=C=C[C@H](C[C@@H]1CCNC1=C=O)NC(=C=O)[C@H](Cc1ccccc1)NC(=O)c1cc2cc(F)cc(F)c2[nH]1. The number of nitrogens with one attached hydrogen (secondary N) is 4. The fourth-order valence-electron chi connectivity index (χ4n) is 4.58. The molecule has 0 spiro atoms. The number of carbonyl (C=O) groups is 1. The number of amides is 1. The number of hydrogen-bond acceptors (Lipinski definition) is 6. The molecule has 0 saturated carbocycles. The molecule has 4 N–H and O–H groups in total. The Hall–Kier alpha value is -4.74. The minimum absolute atomic E-state index is 0.0270. The Kier molecular flexibility index (Phi) is 8.31. The Morgan fingerprint density at radius 1 is 1.11 bits per heavy atom. The highest BCUT2D eigenvalue weighted by Gasteiger charge is 2.28. The number of aromatic amines is 1. The molecule has 2 heterocycles. The Labute approximate surface area is 216 Å². The largest absolute Gasteiger partial charge is 0.379 e. The normalized spacial score (nSPS) is 15.9. The fraction of sp³-hybridized carbons (Fsp3) is 0.250. The van der Waals surface area contributed by atoms with E-state index in [0.29, 0.717) is 31.1 Å². The summed E-state index contributed by atoms with van der Waals surface area (Å²) in [6, 6.07) is 10.6. The zero-order valence-corrected chi connectivity index (χ0v) is 20.1. The second-order valence-electron chi connectivity index (χ2n) is 8.97. The molecular formula is C28H24F2N4O4. The van der Waals surface area contributed by atoms with Crippen LogP contribution in [0.4, 0.5) is 8.78 Å². The lowest BCUT2D eigenvalue weighted by Gasteiger charge is -2.25. The first kappa shape index (κ1) is 26.3. The van der Waals surface area contributed by atoms with E-state index in [1.54, 1.807) is 18.1 Å². The molecule has 38 heavy (non-hydrogen) atoms. The van der Waals surface area contributed by atoms with Gasteiger partial charge in [0.15, 0.2) is 0 Å². The smallest absolute Gasteiger partial charge is 0.268 e. The van der Waals surface area contributed by atoms with Crippen LogP contribution in [0.2, 0.25) is 0 Å². The maximum atomic E-state index is 14.2. The second-order valence-corrected chi connectivity index (χ2v) is 8.97. The van der Waals surface area contributed by atoms with Gasteiger partial charge in [0.2, 0.25) is 0 Å². The standard InChI is InChI=1S/C28H24F2N4O4/c29-20-11-19-13-24(33-27(19)22(30)14-20)28(38)34-23(10-17-4-2-1-3-5-17)26(16-37)32-21(7-9-35)12-18-6-8-31-25(18)15-36/h1-5,7,11,13-14,18,21,23,31-33H,6,8,10,12H2,(H,34,38)/t18-,21+,23-/m0/s1. The molecule has 0 aliphatic carbocycles. The highest BCUT2D eigenvalue weighted by molar-refractivity contribution is 5.98. The van der Waals surface area contributed by atoms with Gasteiger partial charge in [-0.25, -0.2) is 23.2 Å². The van der Waals surface area contributed by atoms with Gasteiger partial charge in [0.05, 0.1) is 23.3 Å². The zero-order valence-electron chi connectivity index (χ0n) is 20.1. The summed E-state index contributed by atoms with van der Waals surface area (Å²) in [6.07, 6.45) is 2.35. The average Bonchev–Trinajstić information content (AvgIpc) is 3.54. The molecule has 8 nitrogen and oxygen atoms in total. The van der Waals surface area contributed by atoms with Crippen molar-refractivity contribution in [1.82, 2.24) is 20.9 Å². The molecule has 10 heteroatoms. The van der Waals surface area contributed by atoms with Gasteiger partial charge in [-0.05, 0) is 37.0 Å². The van der Waals surface area contributed by atoms with Crippen molar-refractivity contribution < 1.29 is 28.0 Å². The Morgan fingerprint density at radius 3 is 2.61 bits per heavy atom. The monoisotopic (exact) mass is 518 g/mol. The average molecular weight is 519 g/mol. The van der Waals surface area contributed by atoms with E-state index in [2.05, 4.69) is 20.9 Å². The summed E-state index contributed by atoms with van der Waals surface area (Å²) >= 11 is 0. The van der Waals surface area contributed by atoms with Crippen LogP contribution >= 0.6 is 0 Å². The summed E-state index contributed by atoms with van der Waals surface area (Å²) in [4.78, 5) is 50.3. The van der Waals surface area contributed by atoms with Gasteiger partial charge in [-0.2, -0.15) is 0 Å². The summed E-state index contributed by atoms with van der Waals surface area (Å²) in [5.74, 6) is 2.93. The number of halogens is 2. The van der Waals surface area contributed by atoms with Crippen LogP contribution in [0.25, 0.3) is 10.9 Å². The van der Waals surface area contributed by atoms with Crippen molar-refractivity contribution in [1.29, 1.82) is 0 Å². The molecule has 2 aromatic carbocycles. The molecular weight excluding hydrogens is 494 g/mol. The van der Waals surface area contributed by atoms with Crippen molar-refractivity contribution in [2.45, 2.75) is 31.3 Å². The van der Waals surface area contributed by atoms with Crippen LogP contribution in [0.1, 0.15) is 28.9 Å². The molecule has 0 bridgehead atoms. The highest BCUT2D eigenvalue weighted by Crippen LogP contribution is 2.24. The third kappa shape index (κ3) is 6.14. The quantitative estimate of drug-likeness (QED) is 0.306. The number of hydrogen-bond donors (Lipinski definition) is 4. The van der Waals surface area contributed by atoms with E-state index < -0.39 is 29.6 Å². The topological polar surface area (TPSA) is 120 Å². The van der Waals surface area contributed by atoms with Crippen LogP contribution in [0.5, 0.6) is 0 Å². The zero-order chi connectivity index (χ0) is 27.1. The first-order valence-corrected chi connectivity index (χ1v) is 12.0. The lowest BCUT2D eigenvalue weighted by molar-refractivity contribution is 0.0937. The van der Waals surface area contributed by atoms with Gasteiger partial charge < -0.3 is 20.9 Å².